The molecular formula is C17H21N3O3S. The lowest BCUT2D eigenvalue weighted by Crippen LogP contribution is -2.15. The fourth-order valence-electron chi connectivity index (χ4n) is 2.51. The van der Waals surface area contributed by atoms with Crippen LogP contribution in [0, 0.1) is 13.8 Å². The lowest BCUT2D eigenvalue weighted by molar-refractivity contribution is -0.113. The number of carbonyl (C=O) groups is 1. The molecule has 3 rings (SSSR count). The number of fused-ring (bicyclic) bond motifs is 1. The molecule has 0 aliphatic carbocycles. The zero-order valence-corrected chi connectivity index (χ0v) is 14.9. The van der Waals surface area contributed by atoms with Gasteiger partial charge in [-0.25, -0.2) is 0 Å². The summed E-state index contributed by atoms with van der Waals surface area (Å²) in [7, 11) is 1.87. The molecule has 0 saturated carbocycles. The number of hydrogen-bond donors (Lipinski definition) is 1. The molecule has 0 fully saturated rings. The minimum atomic E-state index is -0.0497. The van der Waals surface area contributed by atoms with Gasteiger partial charge in [-0.15, -0.1) is 11.8 Å². The van der Waals surface area contributed by atoms with Gasteiger partial charge in [0.15, 0.2) is 11.5 Å². The van der Waals surface area contributed by atoms with Gasteiger partial charge in [-0.1, -0.05) is 0 Å². The van der Waals surface area contributed by atoms with E-state index in [0.29, 0.717) is 19.0 Å². The molecule has 1 amide bonds. The lowest BCUT2D eigenvalue weighted by atomic mass is 10.3. The molecule has 2 aromatic rings. The Hall–Kier alpha value is -2.15. The fraction of sp³-hybridized carbons (Fsp3) is 0.412. The Morgan fingerprint density at radius 2 is 2.04 bits per heavy atom. The zero-order chi connectivity index (χ0) is 17.1. The molecule has 1 aliphatic heterocycles. The minimum absolute atomic E-state index is 0.0497. The maximum atomic E-state index is 12.2. The van der Waals surface area contributed by atoms with Crippen LogP contribution in [-0.4, -0.2) is 34.7 Å². The monoisotopic (exact) mass is 347 g/mol. The van der Waals surface area contributed by atoms with Crippen LogP contribution in [-0.2, 0) is 11.8 Å². The van der Waals surface area contributed by atoms with Crippen LogP contribution >= 0.6 is 11.8 Å². The van der Waals surface area contributed by atoms with E-state index < -0.39 is 0 Å². The molecule has 0 atom stereocenters. The van der Waals surface area contributed by atoms with Crippen molar-refractivity contribution in [3.05, 3.63) is 29.6 Å². The van der Waals surface area contributed by atoms with Crippen LogP contribution < -0.4 is 14.8 Å². The first-order valence-corrected chi connectivity index (χ1v) is 8.85. The van der Waals surface area contributed by atoms with E-state index in [1.807, 2.05) is 39.1 Å². The molecule has 1 N–H and O–H groups in total. The Bertz CT molecular complexity index is 758. The molecule has 0 spiro atoms. The number of nitrogens with zero attached hydrogens (tertiary/aromatic N) is 2. The number of aromatic nitrogens is 2. The molecule has 1 aromatic heterocycles. The van der Waals surface area contributed by atoms with Gasteiger partial charge < -0.3 is 14.8 Å². The van der Waals surface area contributed by atoms with Crippen LogP contribution in [0.5, 0.6) is 11.5 Å². The number of thioether (sulfide) groups is 1. The topological polar surface area (TPSA) is 65.4 Å². The number of aryl methyl sites for hydroxylation is 2. The normalized spacial score (nSPS) is 13.5. The predicted octanol–water partition coefficient (Wildman–Crippen LogP) is 2.93. The molecule has 0 bridgehead atoms. The summed E-state index contributed by atoms with van der Waals surface area (Å²) in [5.41, 5.74) is 2.56. The second-order valence-electron chi connectivity index (χ2n) is 5.67. The van der Waals surface area contributed by atoms with Crippen molar-refractivity contribution in [3.63, 3.8) is 0 Å². The Morgan fingerprint density at radius 1 is 1.29 bits per heavy atom. The van der Waals surface area contributed by atoms with E-state index in [1.54, 1.807) is 4.68 Å². The standard InChI is InChI=1S/C17H21N3O3S/c1-11-17(12(2)20(3)19-11)18-16(21)10-24-13-5-6-14-15(9-13)23-8-4-7-22-14/h5-6,9H,4,7-8,10H2,1-3H3,(H,18,21). The zero-order valence-electron chi connectivity index (χ0n) is 14.1. The molecule has 6 nitrogen and oxygen atoms in total. The number of carbonyl (C=O) groups excluding carboxylic acids is 1. The summed E-state index contributed by atoms with van der Waals surface area (Å²) in [4.78, 5) is 13.2. The number of benzene rings is 1. The maximum Gasteiger partial charge on any atom is 0.234 e. The summed E-state index contributed by atoms with van der Waals surface area (Å²) in [6, 6.07) is 5.78. The first-order chi connectivity index (χ1) is 11.5. The second-order valence-corrected chi connectivity index (χ2v) is 6.71. The first-order valence-electron chi connectivity index (χ1n) is 7.87. The van der Waals surface area contributed by atoms with Crippen molar-refractivity contribution in [3.8, 4) is 11.5 Å². The van der Waals surface area contributed by atoms with Gasteiger partial charge >= 0.3 is 0 Å². The van der Waals surface area contributed by atoms with Crippen molar-refractivity contribution in [2.75, 3.05) is 24.3 Å². The van der Waals surface area contributed by atoms with E-state index in [1.165, 1.54) is 11.8 Å². The SMILES string of the molecule is Cc1nn(C)c(C)c1NC(=O)CSc1ccc2c(c1)OCCCO2. The first kappa shape index (κ1) is 16.7. The Morgan fingerprint density at radius 3 is 2.75 bits per heavy atom. The highest BCUT2D eigenvalue weighted by Gasteiger charge is 2.14. The van der Waals surface area contributed by atoms with E-state index in [0.717, 1.165) is 39.9 Å². The molecule has 128 valence electrons. The summed E-state index contributed by atoms with van der Waals surface area (Å²) in [6.45, 7) is 5.15. The van der Waals surface area contributed by atoms with E-state index in [9.17, 15) is 4.79 Å². The van der Waals surface area contributed by atoms with E-state index in [-0.39, 0.29) is 5.91 Å². The quantitative estimate of drug-likeness (QED) is 0.862. The number of hydrogen-bond acceptors (Lipinski definition) is 5. The number of rotatable bonds is 4. The molecule has 0 unspecified atom stereocenters. The van der Waals surface area contributed by atoms with E-state index >= 15 is 0 Å². The van der Waals surface area contributed by atoms with Crippen LogP contribution in [0.1, 0.15) is 17.8 Å². The van der Waals surface area contributed by atoms with Crippen molar-refractivity contribution < 1.29 is 14.3 Å². The average Bonchev–Trinajstić information content (AvgIpc) is 2.75. The highest BCUT2D eigenvalue weighted by molar-refractivity contribution is 8.00. The molecule has 2 heterocycles. The van der Waals surface area contributed by atoms with Crippen LogP contribution in [0.15, 0.2) is 23.1 Å². The third kappa shape index (κ3) is 3.67. The molecule has 1 aliphatic rings. The number of nitrogens with one attached hydrogen (secondary N) is 1. The number of anilines is 1. The maximum absolute atomic E-state index is 12.2. The van der Waals surface area contributed by atoms with Crippen molar-refractivity contribution in [1.29, 1.82) is 0 Å². The van der Waals surface area contributed by atoms with Crippen LogP contribution in [0.4, 0.5) is 5.69 Å². The van der Waals surface area contributed by atoms with Gasteiger partial charge in [0.25, 0.3) is 0 Å². The molecule has 1 aromatic carbocycles. The molecule has 24 heavy (non-hydrogen) atoms. The predicted molar refractivity (Wildman–Crippen MR) is 94.1 cm³/mol. The van der Waals surface area contributed by atoms with E-state index in [2.05, 4.69) is 10.4 Å². The van der Waals surface area contributed by atoms with Gasteiger partial charge in [-0.2, -0.15) is 5.10 Å². The largest absolute Gasteiger partial charge is 0.490 e. The van der Waals surface area contributed by atoms with Crippen LogP contribution in [0.2, 0.25) is 0 Å². The molecule has 7 heteroatoms. The van der Waals surface area contributed by atoms with Crippen molar-refractivity contribution in [1.82, 2.24) is 9.78 Å². The summed E-state index contributed by atoms with van der Waals surface area (Å²) < 4.78 is 13.1. The fourth-order valence-corrected chi connectivity index (χ4v) is 3.24. The number of amides is 1. The van der Waals surface area contributed by atoms with Gasteiger partial charge in [0.05, 0.1) is 36.0 Å². The smallest absolute Gasteiger partial charge is 0.234 e. The van der Waals surface area contributed by atoms with Crippen molar-refractivity contribution >= 4 is 23.4 Å². The average molecular weight is 347 g/mol. The third-order valence-corrected chi connectivity index (χ3v) is 4.86. The van der Waals surface area contributed by atoms with Crippen LogP contribution in [0.3, 0.4) is 0 Å². The van der Waals surface area contributed by atoms with Gasteiger partial charge in [-0.05, 0) is 32.0 Å². The Balaban J connectivity index is 1.61. The second kappa shape index (κ2) is 7.17. The van der Waals surface area contributed by atoms with E-state index in [4.69, 9.17) is 9.47 Å². The number of ether oxygens (including phenoxy) is 2. The summed E-state index contributed by atoms with van der Waals surface area (Å²) in [6.07, 6.45) is 0.878. The van der Waals surface area contributed by atoms with Crippen molar-refractivity contribution in [2.24, 2.45) is 7.05 Å². The van der Waals surface area contributed by atoms with Gasteiger partial charge in [0.1, 0.15) is 0 Å². The highest BCUT2D eigenvalue weighted by atomic mass is 32.2. The van der Waals surface area contributed by atoms with Crippen molar-refractivity contribution in [2.45, 2.75) is 25.2 Å². The minimum Gasteiger partial charge on any atom is -0.490 e. The lowest BCUT2D eigenvalue weighted by Gasteiger charge is -2.09. The highest BCUT2D eigenvalue weighted by Crippen LogP contribution is 2.34. The summed E-state index contributed by atoms with van der Waals surface area (Å²) in [5, 5.41) is 7.25. The van der Waals surface area contributed by atoms with Crippen LogP contribution in [0.25, 0.3) is 0 Å². The summed E-state index contributed by atoms with van der Waals surface area (Å²) in [5.74, 6) is 1.79. The molecule has 0 radical (unpaired) electrons. The van der Waals surface area contributed by atoms with Gasteiger partial charge in [-0.3, -0.25) is 9.48 Å². The van der Waals surface area contributed by atoms with Gasteiger partial charge in [0, 0.05) is 18.4 Å². The van der Waals surface area contributed by atoms with Gasteiger partial charge in [0.2, 0.25) is 5.91 Å². The Labute approximate surface area is 145 Å². The molecular weight excluding hydrogens is 326 g/mol. The Kier molecular flexibility index (Phi) is 4.99. The summed E-state index contributed by atoms with van der Waals surface area (Å²) >= 11 is 1.47. The third-order valence-electron chi connectivity index (χ3n) is 3.86. The molecule has 0 saturated heterocycles.